The first kappa shape index (κ1) is 21.7. The molecule has 2 atom stereocenters. The summed E-state index contributed by atoms with van der Waals surface area (Å²) < 4.78 is 31.9. The van der Waals surface area contributed by atoms with Crippen molar-refractivity contribution in [2.45, 2.75) is 39.5 Å². The normalized spacial score (nSPS) is 19.0. The Bertz CT molecular complexity index is 931. The van der Waals surface area contributed by atoms with Crippen molar-refractivity contribution >= 4 is 5.91 Å². The predicted octanol–water partition coefficient (Wildman–Crippen LogP) is 4.09. The fourth-order valence-electron chi connectivity index (χ4n) is 4.00. The molecule has 0 spiro atoms. The smallest absolute Gasteiger partial charge is 0.282 e. The fraction of sp³-hybridized carbons (Fsp3) is 0.476. The molecule has 162 valence electrons. The Hall–Kier alpha value is -2.97. The lowest BCUT2D eigenvalue weighted by molar-refractivity contribution is 0.0666. The highest BCUT2D eigenvalue weighted by Crippen LogP contribution is 2.33. The molecule has 9 heteroatoms. The summed E-state index contributed by atoms with van der Waals surface area (Å²) in [4.78, 5) is 15.0. The van der Waals surface area contributed by atoms with Gasteiger partial charge in [-0.25, -0.2) is 8.78 Å². The molecule has 7 nitrogen and oxygen atoms in total. The number of hydrogen-bond acceptors (Lipinski definition) is 4. The maximum absolute atomic E-state index is 13.3. The van der Waals surface area contributed by atoms with E-state index in [1.54, 1.807) is 12.0 Å². The molecule has 2 N–H and O–H groups in total. The van der Waals surface area contributed by atoms with Crippen molar-refractivity contribution in [2.75, 3.05) is 20.2 Å². The quantitative estimate of drug-likeness (QED) is 0.782. The fourth-order valence-corrected chi connectivity index (χ4v) is 4.00. The lowest BCUT2D eigenvalue weighted by Gasteiger charge is -2.37. The Balaban J connectivity index is 1.90. The van der Waals surface area contributed by atoms with Crippen LogP contribution in [0.4, 0.5) is 8.78 Å². The second kappa shape index (κ2) is 9.23. The molecule has 1 aromatic carbocycles. The lowest BCUT2D eigenvalue weighted by atomic mass is 9.84. The number of aromatic amines is 2. The van der Waals surface area contributed by atoms with E-state index in [9.17, 15) is 13.6 Å². The number of piperidine rings is 1. The van der Waals surface area contributed by atoms with E-state index in [-0.39, 0.29) is 23.4 Å². The molecule has 0 aliphatic carbocycles. The van der Waals surface area contributed by atoms with E-state index < -0.39 is 6.43 Å². The Morgan fingerprint density at radius 3 is 2.60 bits per heavy atom. The van der Waals surface area contributed by atoms with Gasteiger partial charge in [0.15, 0.2) is 0 Å². The molecule has 1 aromatic heterocycles. The molecule has 1 saturated heterocycles. The van der Waals surface area contributed by atoms with Crippen LogP contribution in [0.15, 0.2) is 24.5 Å². The highest BCUT2D eigenvalue weighted by molar-refractivity contribution is 5.95. The monoisotopic (exact) mass is 419 g/mol. The zero-order valence-electron chi connectivity index (χ0n) is 17.6. The van der Waals surface area contributed by atoms with Crippen molar-refractivity contribution in [3.63, 3.8) is 0 Å². The van der Waals surface area contributed by atoms with Crippen molar-refractivity contribution in [2.24, 2.45) is 5.92 Å². The molecular weight excluding hydrogens is 392 g/mol. The first-order chi connectivity index (χ1) is 14.3. The van der Waals surface area contributed by atoms with Gasteiger partial charge in [0.05, 0.1) is 7.11 Å². The number of aromatic nitrogens is 4. The molecule has 3 rings (SSSR count). The zero-order chi connectivity index (χ0) is 21.8. The molecule has 30 heavy (non-hydrogen) atoms. The molecule has 0 bridgehead atoms. The number of ether oxygens (including phenoxy) is 1. The molecule has 1 aliphatic rings. The van der Waals surface area contributed by atoms with Crippen LogP contribution in [0.25, 0.3) is 0 Å². The topological polar surface area (TPSA) is 86.9 Å². The molecule has 1 fully saturated rings. The highest BCUT2D eigenvalue weighted by atomic mass is 19.3. The summed E-state index contributed by atoms with van der Waals surface area (Å²) in [5, 5.41) is 12.8. The maximum atomic E-state index is 13.3. The number of carbonyl (C=O) groups excluding carboxylic acids is 1. The SMILES string of the molecule is COc1c(C)cc(C(=O)N2CC[C@@H](C)[C@H](c3cc(C(F)F)n[nH]cn[nH]3)C2)cc1C. The third kappa shape index (κ3) is 4.60. The van der Waals surface area contributed by atoms with Gasteiger partial charge in [-0.15, -0.1) is 0 Å². The van der Waals surface area contributed by atoms with E-state index in [2.05, 4.69) is 27.3 Å². The first-order valence-corrected chi connectivity index (χ1v) is 9.86. The van der Waals surface area contributed by atoms with Crippen LogP contribution in [-0.2, 0) is 0 Å². The summed E-state index contributed by atoms with van der Waals surface area (Å²) >= 11 is 0. The van der Waals surface area contributed by atoms with Gasteiger partial charge in [-0.3, -0.25) is 15.0 Å². The van der Waals surface area contributed by atoms with Crippen LogP contribution in [0.3, 0.4) is 0 Å². The van der Waals surface area contributed by atoms with Crippen LogP contribution in [-0.4, -0.2) is 51.4 Å². The molecule has 1 aliphatic heterocycles. The minimum atomic E-state index is -2.72. The number of benzene rings is 1. The number of halogens is 2. The van der Waals surface area contributed by atoms with Gasteiger partial charge in [-0.1, -0.05) is 6.92 Å². The van der Waals surface area contributed by atoms with E-state index in [1.807, 2.05) is 26.0 Å². The molecular formula is C21H27F2N5O2. The van der Waals surface area contributed by atoms with E-state index in [0.717, 1.165) is 23.3 Å². The minimum Gasteiger partial charge on any atom is -0.496 e. The number of nitrogens with one attached hydrogen (secondary N) is 2. The van der Waals surface area contributed by atoms with Crippen LogP contribution < -0.4 is 4.74 Å². The summed E-state index contributed by atoms with van der Waals surface area (Å²) in [6.07, 6.45) is -0.746. The number of alkyl halides is 2. The van der Waals surface area contributed by atoms with Crippen LogP contribution in [0.2, 0.25) is 0 Å². The van der Waals surface area contributed by atoms with Crippen molar-refractivity contribution in [3.8, 4) is 5.75 Å². The van der Waals surface area contributed by atoms with E-state index >= 15 is 0 Å². The number of likely N-dealkylation sites (tertiary alicyclic amines) is 1. The first-order valence-electron chi connectivity index (χ1n) is 9.86. The highest BCUT2D eigenvalue weighted by Gasteiger charge is 2.31. The average molecular weight is 419 g/mol. The summed E-state index contributed by atoms with van der Waals surface area (Å²) in [6.45, 7) is 6.88. The van der Waals surface area contributed by atoms with Crippen LogP contribution in [0.5, 0.6) is 5.75 Å². The molecule has 2 heterocycles. The molecule has 0 unspecified atom stereocenters. The number of aryl methyl sites for hydroxylation is 2. The zero-order valence-corrected chi connectivity index (χ0v) is 17.6. The number of methoxy groups -OCH3 is 1. The van der Waals surface area contributed by atoms with E-state index in [1.165, 1.54) is 12.4 Å². The molecule has 0 saturated carbocycles. The van der Waals surface area contributed by atoms with Gasteiger partial charge in [0.2, 0.25) is 0 Å². The summed E-state index contributed by atoms with van der Waals surface area (Å²) in [6, 6.07) is 4.98. The van der Waals surface area contributed by atoms with Gasteiger partial charge in [0, 0.05) is 30.3 Å². The van der Waals surface area contributed by atoms with Crippen molar-refractivity contribution < 1.29 is 18.3 Å². The summed E-state index contributed by atoms with van der Waals surface area (Å²) in [7, 11) is 1.61. The minimum absolute atomic E-state index is 0.0832. The molecule has 0 radical (unpaired) electrons. The summed E-state index contributed by atoms with van der Waals surface area (Å²) in [5.74, 6) is 0.710. The number of amides is 1. The third-order valence-electron chi connectivity index (χ3n) is 5.59. The number of hydrogen-bond donors (Lipinski definition) is 2. The predicted molar refractivity (Wildman–Crippen MR) is 108 cm³/mol. The largest absolute Gasteiger partial charge is 0.496 e. The van der Waals surface area contributed by atoms with Crippen molar-refractivity contribution in [1.29, 1.82) is 0 Å². The second-order valence-corrected chi connectivity index (χ2v) is 7.70. The Kier molecular flexibility index (Phi) is 6.69. The third-order valence-corrected chi connectivity index (χ3v) is 5.59. The van der Waals surface area contributed by atoms with Gasteiger partial charge >= 0.3 is 0 Å². The Labute approximate surface area is 174 Å². The van der Waals surface area contributed by atoms with Crippen LogP contribution >= 0.6 is 0 Å². The van der Waals surface area contributed by atoms with Gasteiger partial charge in [0.1, 0.15) is 17.8 Å². The van der Waals surface area contributed by atoms with E-state index in [4.69, 9.17) is 4.74 Å². The van der Waals surface area contributed by atoms with Crippen LogP contribution in [0, 0.1) is 19.8 Å². The summed E-state index contributed by atoms with van der Waals surface area (Å²) in [5.41, 5.74) is 2.54. The number of rotatable bonds is 4. The van der Waals surface area contributed by atoms with Gasteiger partial charge in [-0.2, -0.15) is 10.2 Å². The second-order valence-electron chi connectivity index (χ2n) is 7.70. The van der Waals surface area contributed by atoms with E-state index in [0.29, 0.717) is 24.3 Å². The number of H-pyrrole nitrogens is 2. The van der Waals surface area contributed by atoms with Crippen molar-refractivity contribution in [1.82, 2.24) is 25.3 Å². The maximum Gasteiger partial charge on any atom is 0.282 e. The van der Waals surface area contributed by atoms with Gasteiger partial charge in [0.25, 0.3) is 12.3 Å². The standard InChI is InChI=1S/C21H27F2N5O2/c1-12-5-6-28(21(29)15-7-13(2)19(30-4)14(3)8-15)10-16(12)17-9-18(20(22)23)27-25-11-24-26-17/h7-9,11-12,16,20,26H,5-6,10H2,1-4H3,(H,24,25)/t12-,16-/m1/s1. The van der Waals surface area contributed by atoms with Crippen LogP contribution in [0.1, 0.15) is 58.6 Å². The molecule has 1 amide bonds. The van der Waals surface area contributed by atoms with Gasteiger partial charge in [-0.05, 0) is 55.5 Å². The average Bonchev–Trinajstić information content (AvgIpc) is 2.67. The van der Waals surface area contributed by atoms with Crippen molar-refractivity contribution in [3.05, 3.63) is 52.6 Å². The number of nitrogens with zero attached hydrogens (tertiary/aromatic N) is 3. The lowest BCUT2D eigenvalue weighted by Crippen LogP contribution is -2.42. The van der Waals surface area contributed by atoms with Gasteiger partial charge < -0.3 is 9.64 Å². The Morgan fingerprint density at radius 2 is 1.97 bits per heavy atom. The Morgan fingerprint density at radius 1 is 1.27 bits per heavy atom. The number of carbonyl (C=O) groups is 1. The molecule has 2 aromatic rings.